The van der Waals surface area contributed by atoms with Gasteiger partial charge >= 0.3 is 23.0 Å². The summed E-state index contributed by atoms with van der Waals surface area (Å²) in [5.41, 5.74) is 0.506. The van der Waals surface area contributed by atoms with E-state index < -0.39 is 23.3 Å². The summed E-state index contributed by atoms with van der Waals surface area (Å²) in [6.45, 7) is 12.7. The van der Waals surface area contributed by atoms with Gasteiger partial charge in [0.2, 0.25) is 5.95 Å². The second-order valence-electron chi connectivity index (χ2n) is 10.1. The molecule has 12 heteroatoms. The number of anilines is 2. The fourth-order valence-corrected chi connectivity index (χ4v) is 4.66. The van der Waals surface area contributed by atoms with Gasteiger partial charge in [0, 0.05) is 28.5 Å². The van der Waals surface area contributed by atoms with E-state index in [2.05, 4.69) is 16.9 Å². The lowest BCUT2D eigenvalue weighted by Gasteiger charge is -2.18. The molecule has 0 unspecified atom stereocenters. The summed E-state index contributed by atoms with van der Waals surface area (Å²) in [5.74, 6) is -2.49. The fraction of sp³-hybridized carbons (Fsp3) is 0.321. The van der Waals surface area contributed by atoms with Crippen molar-refractivity contribution in [1.29, 1.82) is 0 Å². The monoisotopic (exact) mass is 566 g/mol. The molecule has 0 amide bonds. The zero-order valence-corrected chi connectivity index (χ0v) is 23.6. The van der Waals surface area contributed by atoms with Gasteiger partial charge in [0.05, 0.1) is 23.5 Å². The third-order valence-corrected chi connectivity index (χ3v) is 6.93. The number of hydrogen-bond donors (Lipinski definition) is 2. The van der Waals surface area contributed by atoms with Gasteiger partial charge in [0.25, 0.3) is 0 Å². The molecule has 1 atom stereocenters. The molecular weight excluding hydrogens is 536 g/mol. The molecule has 0 saturated carbocycles. The predicted octanol–water partition coefficient (Wildman–Crippen LogP) is 4.32. The number of nitrogens with one attached hydrogen (secondary N) is 1. The van der Waals surface area contributed by atoms with Crippen LogP contribution in [0.25, 0.3) is 16.7 Å². The molecule has 4 aromatic rings. The number of aromatic nitrogens is 5. The van der Waals surface area contributed by atoms with Crippen molar-refractivity contribution < 1.29 is 9.90 Å². The van der Waals surface area contributed by atoms with Gasteiger partial charge in [-0.3, -0.25) is 18.5 Å². The lowest BCUT2D eigenvalue weighted by atomic mass is 10.1. The average molecular weight is 567 g/mol. The topological polar surface area (TPSA) is 133 Å². The molecular formula is C28H31ClN6O5. The van der Waals surface area contributed by atoms with Gasteiger partial charge in [-0.25, -0.2) is 19.0 Å². The zero-order chi connectivity index (χ0) is 29.5. The number of halogens is 1. The molecule has 11 nitrogen and oxygen atoms in total. The SMILES string of the molecule is C=C([C@@H](C)C(=O)O)n1c(=O)nc(Nc2ccc3c(c2)n(C(C)C)c(=O)n3C(C)C)n(Cc2ccc(Cl)cc2)c1=O. The first-order valence-electron chi connectivity index (χ1n) is 12.8. The van der Waals surface area contributed by atoms with Crippen molar-refractivity contribution in [2.24, 2.45) is 5.92 Å². The Morgan fingerprint density at radius 3 is 2.12 bits per heavy atom. The molecule has 4 rings (SSSR count). The van der Waals surface area contributed by atoms with Crippen LogP contribution in [-0.4, -0.2) is 34.3 Å². The van der Waals surface area contributed by atoms with E-state index in [1.807, 2.05) is 27.7 Å². The highest BCUT2D eigenvalue weighted by Gasteiger charge is 2.23. The van der Waals surface area contributed by atoms with Gasteiger partial charge in [0.1, 0.15) is 0 Å². The number of imidazole rings is 1. The Kier molecular flexibility index (Phi) is 7.88. The minimum absolute atomic E-state index is 0.00300. The standard InChI is InChI=1S/C28H31ClN6O5/c1-15(2)33-22-12-11-21(13-23(22)34(16(3)4)28(33)40)30-25-31-26(38)35(18(6)17(5)24(36)37)27(39)32(25)14-19-7-9-20(29)10-8-19/h7-13,15-17H,6,14H2,1-5H3,(H,36,37)(H,30,31,38)/t17-/m1/s1. The number of fused-ring (bicyclic) bond motifs is 1. The van der Waals surface area contributed by atoms with Crippen LogP contribution in [0.1, 0.15) is 52.3 Å². The van der Waals surface area contributed by atoms with E-state index in [1.54, 1.807) is 51.6 Å². The quantitative estimate of drug-likeness (QED) is 0.308. The highest BCUT2D eigenvalue weighted by Crippen LogP contribution is 2.25. The summed E-state index contributed by atoms with van der Waals surface area (Å²) in [6, 6.07) is 11.9. The molecule has 0 aliphatic rings. The second-order valence-corrected chi connectivity index (χ2v) is 10.6. The van der Waals surface area contributed by atoms with Crippen molar-refractivity contribution in [3.63, 3.8) is 0 Å². The lowest BCUT2D eigenvalue weighted by Crippen LogP contribution is -2.43. The Morgan fingerprint density at radius 1 is 0.950 bits per heavy atom. The summed E-state index contributed by atoms with van der Waals surface area (Å²) < 4.78 is 5.29. The molecule has 2 heterocycles. The number of carboxylic acids is 1. The van der Waals surface area contributed by atoms with Crippen molar-refractivity contribution in [1.82, 2.24) is 23.3 Å². The normalized spacial score (nSPS) is 12.3. The van der Waals surface area contributed by atoms with Gasteiger partial charge in [-0.2, -0.15) is 4.98 Å². The number of rotatable bonds is 9. The zero-order valence-electron chi connectivity index (χ0n) is 22.9. The molecule has 0 aliphatic carbocycles. The minimum atomic E-state index is -1.24. The van der Waals surface area contributed by atoms with Gasteiger partial charge in [-0.15, -0.1) is 0 Å². The van der Waals surface area contributed by atoms with E-state index in [0.717, 1.165) is 5.52 Å². The molecule has 40 heavy (non-hydrogen) atoms. The van der Waals surface area contributed by atoms with E-state index in [9.17, 15) is 24.3 Å². The van der Waals surface area contributed by atoms with Crippen LogP contribution in [0.15, 0.2) is 63.4 Å². The average Bonchev–Trinajstić information content (AvgIpc) is 3.18. The maximum absolute atomic E-state index is 13.6. The molecule has 210 valence electrons. The van der Waals surface area contributed by atoms with E-state index in [-0.39, 0.29) is 36.0 Å². The maximum Gasteiger partial charge on any atom is 0.359 e. The Labute approximate surface area is 234 Å². The van der Waals surface area contributed by atoms with Crippen LogP contribution in [0, 0.1) is 5.92 Å². The van der Waals surface area contributed by atoms with Crippen molar-refractivity contribution in [3.8, 4) is 0 Å². The number of hydrogen-bond acceptors (Lipinski definition) is 6. The summed E-state index contributed by atoms with van der Waals surface area (Å²) in [7, 11) is 0. The predicted molar refractivity (Wildman–Crippen MR) is 156 cm³/mol. The molecule has 0 radical (unpaired) electrons. The number of carboxylic acid groups (broad SMARTS) is 1. The molecule has 2 aromatic heterocycles. The molecule has 2 N–H and O–H groups in total. The first-order chi connectivity index (χ1) is 18.8. The van der Waals surface area contributed by atoms with Crippen LogP contribution in [0.3, 0.4) is 0 Å². The number of carbonyl (C=O) groups is 1. The Balaban J connectivity index is 1.89. The van der Waals surface area contributed by atoms with Crippen LogP contribution >= 0.6 is 11.6 Å². The highest BCUT2D eigenvalue weighted by atomic mass is 35.5. The van der Waals surface area contributed by atoms with Crippen molar-refractivity contribution >= 4 is 45.9 Å². The number of nitrogens with zero attached hydrogens (tertiary/aromatic N) is 5. The van der Waals surface area contributed by atoms with Gasteiger partial charge in [0.15, 0.2) is 0 Å². The van der Waals surface area contributed by atoms with Gasteiger partial charge in [-0.1, -0.05) is 30.3 Å². The summed E-state index contributed by atoms with van der Waals surface area (Å²) in [5, 5.41) is 13.0. The van der Waals surface area contributed by atoms with Crippen LogP contribution in [0.5, 0.6) is 0 Å². The van der Waals surface area contributed by atoms with Crippen LogP contribution < -0.4 is 22.4 Å². The highest BCUT2D eigenvalue weighted by molar-refractivity contribution is 6.30. The summed E-state index contributed by atoms with van der Waals surface area (Å²) >= 11 is 6.02. The largest absolute Gasteiger partial charge is 0.481 e. The molecule has 2 aromatic carbocycles. The van der Waals surface area contributed by atoms with Crippen molar-refractivity contribution in [2.75, 3.05) is 5.32 Å². The van der Waals surface area contributed by atoms with Crippen LogP contribution in [0.2, 0.25) is 5.02 Å². The lowest BCUT2D eigenvalue weighted by molar-refractivity contribution is -0.139. The Morgan fingerprint density at radius 2 is 1.55 bits per heavy atom. The van der Waals surface area contributed by atoms with Crippen molar-refractivity contribution in [2.45, 2.75) is 53.2 Å². The first-order valence-corrected chi connectivity index (χ1v) is 13.1. The Hall–Kier alpha value is -4.38. The van der Waals surface area contributed by atoms with E-state index in [4.69, 9.17) is 11.6 Å². The smallest absolute Gasteiger partial charge is 0.359 e. The minimum Gasteiger partial charge on any atom is -0.481 e. The van der Waals surface area contributed by atoms with Crippen LogP contribution in [0.4, 0.5) is 11.6 Å². The first kappa shape index (κ1) is 28.6. The maximum atomic E-state index is 13.6. The summed E-state index contributed by atoms with van der Waals surface area (Å²) in [4.78, 5) is 55.5. The molecule has 0 spiro atoms. The second kappa shape index (κ2) is 11.0. The van der Waals surface area contributed by atoms with Crippen LogP contribution in [-0.2, 0) is 11.3 Å². The van der Waals surface area contributed by atoms with E-state index in [1.165, 1.54) is 11.5 Å². The molecule has 0 saturated heterocycles. The number of benzene rings is 2. The van der Waals surface area contributed by atoms with E-state index >= 15 is 0 Å². The Bertz CT molecular complexity index is 1790. The van der Waals surface area contributed by atoms with E-state index in [0.29, 0.717) is 26.4 Å². The third kappa shape index (κ3) is 5.24. The van der Waals surface area contributed by atoms with Gasteiger partial charge < -0.3 is 10.4 Å². The van der Waals surface area contributed by atoms with Crippen molar-refractivity contribution in [3.05, 3.63) is 91.1 Å². The molecule has 0 aliphatic heterocycles. The number of aliphatic carboxylic acids is 1. The van der Waals surface area contributed by atoms with Gasteiger partial charge in [-0.05, 0) is 70.5 Å². The summed E-state index contributed by atoms with van der Waals surface area (Å²) in [6.07, 6.45) is 0. The molecule has 0 fully saturated rings. The molecule has 0 bridgehead atoms. The fourth-order valence-electron chi connectivity index (χ4n) is 4.53. The third-order valence-electron chi connectivity index (χ3n) is 6.68.